The molecule has 1 aromatic heterocycles. The number of rotatable bonds is 1. The average molecular weight is 309 g/mol. The first-order chi connectivity index (χ1) is 8.11. The molecule has 1 atom stereocenters. The number of aliphatic hydroxyl groups is 1. The Morgan fingerprint density at radius 2 is 2.12 bits per heavy atom. The van der Waals surface area contributed by atoms with Gasteiger partial charge in [0.1, 0.15) is 5.60 Å². The molecule has 1 unspecified atom stereocenters. The molecule has 1 N–H and O–H groups in total. The number of fused-ring (bicyclic) bond motifs is 1. The molecule has 3 heteroatoms. The minimum Gasteiger partial charge on any atom is -0.380 e. The Hall–Kier alpha value is -0.640. The van der Waals surface area contributed by atoms with Gasteiger partial charge in [-0.15, -0.1) is 0 Å². The zero-order chi connectivity index (χ0) is 12.0. The quantitative estimate of drug-likeness (QED) is 0.844. The monoisotopic (exact) mass is 308 g/mol. The second-order valence-electron chi connectivity index (χ2n) is 4.65. The van der Waals surface area contributed by atoms with Crippen LogP contribution in [0.3, 0.4) is 0 Å². The third kappa shape index (κ3) is 1.68. The molecular formula is C14H13BrOS. The molecule has 1 aliphatic rings. The largest absolute Gasteiger partial charge is 0.380 e. The lowest BCUT2D eigenvalue weighted by atomic mass is 9.89. The number of benzene rings is 1. The van der Waals surface area contributed by atoms with Gasteiger partial charge in [-0.25, -0.2) is 0 Å². The fourth-order valence-corrected chi connectivity index (χ4v) is 4.29. The maximum absolute atomic E-state index is 11.0. The normalized spacial score (nSPS) is 22.8. The molecule has 0 amide bonds. The fraction of sp³-hybridized carbons (Fsp3) is 0.286. The van der Waals surface area contributed by atoms with Gasteiger partial charge in [0.05, 0.1) is 0 Å². The summed E-state index contributed by atoms with van der Waals surface area (Å²) < 4.78 is 1.01. The van der Waals surface area contributed by atoms with E-state index >= 15 is 0 Å². The fourth-order valence-electron chi connectivity index (χ4n) is 2.60. The molecule has 0 radical (unpaired) electrons. The summed E-state index contributed by atoms with van der Waals surface area (Å²) in [6.45, 7) is 2.07. The van der Waals surface area contributed by atoms with Gasteiger partial charge in [0.15, 0.2) is 0 Å². The van der Waals surface area contributed by atoms with Crippen molar-refractivity contribution in [2.45, 2.75) is 25.4 Å². The molecule has 1 heterocycles. The summed E-state index contributed by atoms with van der Waals surface area (Å²) >= 11 is 5.16. The molecule has 2 aromatic rings. The van der Waals surface area contributed by atoms with Crippen LogP contribution in [-0.2, 0) is 12.0 Å². The zero-order valence-corrected chi connectivity index (χ0v) is 11.9. The van der Waals surface area contributed by atoms with Crippen LogP contribution in [0.5, 0.6) is 0 Å². The van der Waals surface area contributed by atoms with E-state index in [1.165, 1.54) is 11.1 Å². The van der Waals surface area contributed by atoms with Crippen LogP contribution >= 0.6 is 27.3 Å². The number of halogens is 1. The first-order valence-electron chi connectivity index (χ1n) is 5.66. The standard InChI is InChI=1S/C14H13BrOS/c1-9-2-3-10-4-5-14(16,11(10)6-9)12-7-17-8-13(12)15/h2-3,6-8,16H,4-5H2,1H3. The third-order valence-corrected chi connectivity index (χ3v) is 5.23. The van der Waals surface area contributed by atoms with E-state index in [2.05, 4.69) is 41.1 Å². The zero-order valence-electron chi connectivity index (χ0n) is 9.53. The molecular weight excluding hydrogens is 296 g/mol. The van der Waals surface area contributed by atoms with Crippen molar-refractivity contribution in [3.8, 4) is 0 Å². The second-order valence-corrected chi connectivity index (χ2v) is 6.25. The maximum Gasteiger partial charge on any atom is 0.117 e. The highest BCUT2D eigenvalue weighted by Gasteiger charge is 2.39. The summed E-state index contributed by atoms with van der Waals surface area (Å²) in [6.07, 6.45) is 1.73. The number of hydrogen-bond acceptors (Lipinski definition) is 2. The van der Waals surface area contributed by atoms with Crippen LogP contribution < -0.4 is 0 Å². The van der Waals surface area contributed by atoms with Crippen molar-refractivity contribution in [1.29, 1.82) is 0 Å². The molecule has 1 aromatic carbocycles. The van der Waals surface area contributed by atoms with Gasteiger partial charge in [-0.3, -0.25) is 0 Å². The molecule has 0 bridgehead atoms. The highest BCUT2D eigenvalue weighted by molar-refractivity contribution is 9.10. The number of thiophene rings is 1. The Kier molecular flexibility index (Phi) is 2.65. The smallest absolute Gasteiger partial charge is 0.117 e. The summed E-state index contributed by atoms with van der Waals surface area (Å²) in [5, 5.41) is 15.1. The highest BCUT2D eigenvalue weighted by atomic mass is 79.9. The first-order valence-corrected chi connectivity index (χ1v) is 7.39. The molecule has 88 valence electrons. The van der Waals surface area contributed by atoms with Crippen molar-refractivity contribution in [1.82, 2.24) is 0 Å². The summed E-state index contributed by atoms with van der Waals surface area (Å²) in [4.78, 5) is 0. The molecule has 17 heavy (non-hydrogen) atoms. The van der Waals surface area contributed by atoms with E-state index in [0.717, 1.165) is 28.4 Å². The van der Waals surface area contributed by atoms with Gasteiger partial charge in [0.25, 0.3) is 0 Å². The summed E-state index contributed by atoms with van der Waals surface area (Å²) in [5.41, 5.74) is 3.76. The Bertz CT molecular complexity index is 575. The average Bonchev–Trinajstić information content (AvgIpc) is 2.85. The lowest BCUT2D eigenvalue weighted by molar-refractivity contribution is 0.0826. The minimum absolute atomic E-state index is 0.779. The molecule has 3 rings (SSSR count). The molecule has 0 aliphatic heterocycles. The van der Waals surface area contributed by atoms with E-state index in [1.807, 2.05) is 10.8 Å². The summed E-state index contributed by atoms with van der Waals surface area (Å²) in [7, 11) is 0. The molecule has 0 spiro atoms. The topological polar surface area (TPSA) is 20.2 Å². The predicted octanol–water partition coefficient (Wildman–Crippen LogP) is 4.00. The third-order valence-electron chi connectivity index (χ3n) is 3.53. The molecule has 0 saturated carbocycles. The SMILES string of the molecule is Cc1ccc2c(c1)C(O)(c1cscc1Br)CC2. The van der Waals surface area contributed by atoms with Gasteiger partial charge in [0.2, 0.25) is 0 Å². The lowest BCUT2D eigenvalue weighted by Gasteiger charge is -2.24. The van der Waals surface area contributed by atoms with Gasteiger partial charge in [-0.1, -0.05) is 23.8 Å². The van der Waals surface area contributed by atoms with E-state index in [-0.39, 0.29) is 0 Å². The van der Waals surface area contributed by atoms with Crippen molar-refractivity contribution in [2.75, 3.05) is 0 Å². The van der Waals surface area contributed by atoms with Gasteiger partial charge in [0, 0.05) is 15.4 Å². The van der Waals surface area contributed by atoms with Gasteiger partial charge < -0.3 is 5.11 Å². The van der Waals surface area contributed by atoms with Crippen LogP contribution in [0.2, 0.25) is 0 Å². The number of hydrogen-bond donors (Lipinski definition) is 1. The molecule has 0 fully saturated rings. The van der Waals surface area contributed by atoms with Crippen molar-refractivity contribution in [3.63, 3.8) is 0 Å². The van der Waals surface area contributed by atoms with Crippen LogP contribution in [-0.4, -0.2) is 5.11 Å². The lowest BCUT2D eigenvalue weighted by Crippen LogP contribution is -2.23. The Labute approximate surface area is 113 Å². The highest BCUT2D eigenvalue weighted by Crippen LogP contribution is 2.45. The van der Waals surface area contributed by atoms with Crippen molar-refractivity contribution < 1.29 is 5.11 Å². The second kappa shape index (κ2) is 3.94. The van der Waals surface area contributed by atoms with Crippen molar-refractivity contribution in [2.24, 2.45) is 0 Å². The maximum atomic E-state index is 11.0. The van der Waals surface area contributed by atoms with E-state index < -0.39 is 5.60 Å². The first kappa shape index (κ1) is 11.5. The van der Waals surface area contributed by atoms with Crippen molar-refractivity contribution in [3.05, 3.63) is 55.7 Å². The van der Waals surface area contributed by atoms with Crippen LogP contribution in [0.15, 0.2) is 33.4 Å². The molecule has 1 aliphatic carbocycles. The van der Waals surface area contributed by atoms with Crippen LogP contribution in [0.4, 0.5) is 0 Å². The predicted molar refractivity (Wildman–Crippen MR) is 74.5 cm³/mol. The Morgan fingerprint density at radius 3 is 2.82 bits per heavy atom. The van der Waals surface area contributed by atoms with Gasteiger partial charge >= 0.3 is 0 Å². The van der Waals surface area contributed by atoms with E-state index in [4.69, 9.17) is 0 Å². The van der Waals surface area contributed by atoms with Gasteiger partial charge in [-0.05, 0) is 52.2 Å². The van der Waals surface area contributed by atoms with Crippen LogP contribution in [0.25, 0.3) is 0 Å². The Balaban J connectivity index is 2.20. The Morgan fingerprint density at radius 1 is 1.29 bits per heavy atom. The van der Waals surface area contributed by atoms with E-state index in [1.54, 1.807) is 11.3 Å². The van der Waals surface area contributed by atoms with E-state index in [0.29, 0.717) is 0 Å². The summed E-state index contributed by atoms with van der Waals surface area (Å²) in [6, 6.07) is 6.38. The van der Waals surface area contributed by atoms with E-state index in [9.17, 15) is 5.11 Å². The summed E-state index contributed by atoms with van der Waals surface area (Å²) in [5.74, 6) is 0. The number of aryl methyl sites for hydroxylation is 2. The molecule has 1 nitrogen and oxygen atoms in total. The van der Waals surface area contributed by atoms with Crippen molar-refractivity contribution >= 4 is 27.3 Å². The minimum atomic E-state index is -0.805. The molecule has 0 saturated heterocycles. The van der Waals surface area contributed by atoms with Crippen LogP contribution in [0.1, 0.15) is 28.7 Å². The van der Waals surface area contributed by atoms with Crippen LogP contribution in [0, 0.1) is 6.92 Å². The van der Waals surface area contributed by atoms with Gasteiger partial charge in [-0.2, -0.15) is 11.3 Å².